The number of benzene rings is 2. The van der Waals surface area contributed by atoms with Gasteiger partial charge in [0.25, 0.3) is 5.69 Å². The van der Waals surface area contributed by atoms with Gasteiger partial charge in [0.2, 0.25) is 11.8 Å². The number of aryl methyl sites for hydroxylation is 3. The van der Waals surface area contributed by atoms with Crippen molar-refractivity contribution in [3.05, 3.63) is 63.2 Å². The summed E-state index contributed by atoms with van der Waals surface area (Å²) in [6, 6.07) is 10.2. The van der Waals surface area contributed by atoms with Crippen LogP contribution in [0.4, 0.5) is 17.1 Å². The number of anilines is 2. The third-order valence-electron chi connectivity index (χ3n) is 4.69. The molecule has 1 fully saturated rings. The molecule has 1 unspecified atom stereocenters. The molecule has 7 nitrogen and oxygen atoms in total. The minimum atomic E-state index is -0.476. The van der Waals surface area contributed by atoms with Crippen molar-refractivity contribution < 1.29 is 14.5 Å². The first kappa shape index (κ1) is 18.6. The summed E-state index contributed by atoms with van der Waals surface area (Å²) in [6.07, 6.45) is 0.144. The van der Waals surface area contributed by atoms with Gasteiger partial charge in [-0.2, -0.15) is 0 Å². The largest absolute Gasteiger partial charge is 0.326 e. The molecule has 1 heterocycles. The first-order chi connectivity index (χ1) is 12.7. The molecule has 0 bridgehead atoms. The van der Waals surface area contributed by atoms with Crippen LogP contribution in [0.1, 0.15) is 23.1 Å². The van der Waals surface area contributed by atoms with Gasteiger partial charge in [-0.1, -0.05) is 6.07 Å². The Labute approximate surface area is 157 Å². The van der Waals surface area contributed by atoms with Gasteiger partial charge >= 0.3 is 0 Å². The summed E-state index contributed by atoms with van der Waals surface area (Å²) < 4.78 is 0. The van der Waals surface area contributed by atoms with E-state index in [1.54, 1.807) is 11.8 Å². The molecule has 3 rings (SSSR count). The molecule has 0 aliphatic carbocycles. The van der Waals surface area contributed by atoms with E-state index in [0.29, 0.717) is 17.8 Å². The molecule has 0 spiro atoms. The van der Waals surface area contributed by atoms with Gasteiger partial charge in [-0.25, -0.2) is 0 Å². The summed E-state index contributed by atoms with van der Waals surface area (Å²) in [4.78, 5) is 37.0. The highest BCUT2D eigenvalue weighted by atomic mass is 16.6. The molecule has 0 saturated carbocycles. The van der Waals surface area contributed by atoms with Crippen molar-refractivity contribution in [1.82, 2.24) is 0 Å². The number of non-ortho nitro benzene ring substituents is 1. The molecular formula is C20H21N3O4. The number of rotatable bonds is 4. The number of nitro groups is 1. The quantitative estimate of drug-likeness (QED) is 0.661. The van der Waals surface area contributed by atoms with Crippen molar-refractivity contribution in [2.75, 3.05) is 16.8 Å². The Hall–Kier alpha value is -3.22. The van der Waals surface area contributed by atoms with Crippen LogP contribution in [0, 0.1) is 36.8 Å². The van der Waals surface area contributed by atoms with Crippen molar-refractivity contribution in [2.24, 2.45) is 5.92 Å². The summed E-state index contributed by atoms with van der Waals surface area (Å²) in [7, 11) is 0. The predicted octanol–water partition coefficient (Wildman–Crippen LogP) is 3.51. The van der Waals surface area contributed by atoms with E-state index < -0.39 is 10.8 Å². The van der Waals surface area contributed by atoms with Gasteiger partial charge < -0.3 is 10.2 Å². The molecule has 7 heteroatoms. The monoisotopic (exact) mass is 367 g/mol. The van der Waals surface area contributed by atoms with Crippen molar-refractivity contribution in [3.8, 4) is 0 Å². The number of hydrogen-bond donors (Lipinski definition) is 1. The Bertz CT molecular complexity index is 919. The summed E-state index contributed by atoms with van der Waals surface area (Å²) in [5, 5.41) is 13.6. The second-order valence-electron chi connectivity index (χ2n) is 7.00. The molecule has 2 aromatic rings. The predicted molar refractivity (Wildman–Crippen MR) is 103 cm³/mol. The number of amides is 2. The first-order valence-electron chi connectivity index (χ1n) is 8.69. The van der Waals surface area contributed by atoms with Gasteiger partial charge in [-0.05, 0) is 55.7 Å². The van der Waals surface area contributed by atoms with E-state index >= 15 is 0 Å². The summed E-state index contributed by atoms with van der Waals surface area (Å²) in [5.74, 6) is -0.805. The molecule has 1 N–H and O–H groups in total. The molecule has 1 aliphatic heterocycles. The van der Waals surface area contributed by atoms with Crippen LogP contribution >= 0.6 is 0 Å². The molecule has 1 aliphatic rings. The van der Waals surface area contributed by atoms with Crippen LogP contribution in [-0.2, 0) is 9.59 Å². The Balaban J connectivity index is 1.73. The maximum absolute atomic E-state index is 12.6. The van der Waals surface area contributed by atoms with Crippen LogP contribution in [0.15, 0.2) is 36.4 Å². The minimum absolute atomic E-state index is 0.0254. The lowest BCUT2D eigenvalue weighted by Gasteiger charge is -2.18. The zero-order valence-corrected chi connectivity index (χ0v) is 15.5. The standard InChI is InChI=1S/C20H21N3O4/c1-12-6-13(2)8-17(7-12)22-11-15(10-19(22)24)20(25)21-18-5-4-16(23(26)27)9-14(18)3/h4-9,15H,10-11H2,1-3H3,(H,21,25). The van der Waals surface area contributed by atoms with Crippen LogP contribution < -0.4 is 10.2 Å². The fourth-order valence-electron chi connectivity index (χ4n) is 3.38. The Morgan fingerprint density at radius 3 is 2.41 bits per heavy atom. The van der Waals surface area contributed by atoms with E-state index in [2.05, 4.69) is 5.32 Å². The summed E-state index contributed by atoms with van der Waals surface area (Å²) in [6.45, 7) is 5.96. The maximum Gasteiger partial charge on any atom is 0.269 e. The molecule has 1 saturated heterocycles. The van der Waals surface area contributed by atoms with Crippen molar-refractivity contribution in [3.63, 3.8) is 0 Å². The van der Waals surface area contributed by atoms with E-state index in [0.717, 1.165) is 16.8 Å². The molecule has 140 valence electrons. The van der Waals surface area contributed by atoms with Gasteiger partial charge in [0, 0.05) is 36.5 Å². The van der Waals surface area contributed by atoms with Crippen LogP contribution in [0.3, 0.4) is 0 Å². The Morgan fingerprint density at radius 2 is 1.81 bits per heavy atom. The van der Waals surface area contributed by atoms with Gasteiger partial charge in [0.15, 0.2) is 0 Å². The average Bonchev–Trinajstić information content (AvgIpc) is 2.97. The van der Waals surface area contributed by atoms with E-state index in [1.165, 1.54) is 18.2 Å². The third kappa shape index (κ3) is 3.97. The number of hydrogen-bond acceptors (Lipinski definition) is 4. The second-order valence-corrected chi connectivity index (χ2v) is 7.00. The van der Waals surface area contributed by atoms with Crippen molar-refractivity contribution in [1.29, 1.82) is 0 Å². The lowest BCUT2D eigenvalue weighted by atomic mass is 10.1. The van der Waals surface area contributed by atoms with Crippen LogP contribution in [0.5, 0.6) is 0 Å². The van der Waals surface area contributed by atoms with Gasteiger partial charge in [-0.3, -0.25) is 19.7 Å². The SMILES string of the molecule is Cc1cc(C)cc(N2CC(C(=O)Nc3ccc([N+](=O)[O-])cc3C)CC2=O)c1. The van der Waals surface area contributed by atoms with Crippen molar-refractivity contribution in [2.45, 2.75) is 27.2 Å². The zero-order valence-electron chi connectivity index (χ0n) is 15.5. The number of carbonyl (C=O) groups excluding carboxylic acids is 2. The lowest BCUT2D eigenvalue weighted by molar-refractivity contribution is -0.384. The van der Waals surface area contributed by atoms with Gasteiger partial charge in [-0.15, -0.1) is 0 Å². The number of nitro benzene ring substituents is 1. The van der Waals surface area contributed by atoms with Crippen LogP contribution in [0.2, 0.25) is 0 Å². The Morgan fingerprint density at radius 1 is 1.15 bits per heavy atom. The molecule has 0 aromatic heterocycles. The average molecular weight is 367 g/mol. The van der Waals surface area contributed by atoms with E-state index in [-0.39, 0.29) is 23.9 Å². The highest BCUT2D eigenvalue weighted by Gasteiger charge is 2.35. The third-order valence-corrected chi connectivity index (χ3v) is 4.69. The number of nitrogens with zero attached hydrogens (tertiary/aromatic N) is 2. The fraction of sp³-hybridized carbons (Fsp3) is 0.300. The molecule has 0 radical (unpaired) electrons. The molecule has 1 atom stereocenters. The van der Waals surface area contributed by atoms with Crippen LogP contribution in [-0.4, -0.2) is 23.3 Å². The number of nitrogens with one attached hydrogen (secondary N) is 1. The lowest BCUT2D eigenvalue weighted by Crippen LogP contribution is -2.28. The minimum Gasteiger partial charge on any atom is -0.326 e. The Kier molecular flexibility index (Phi) is 4.94. The highest BCUT2D eigenvalue weighted by Crippen LogP contribution is 2.28. The van der Waals surface area contributed by atoms with Crippen molar-refractivity contribution >= 4 is 28.9 Å². The normalized spacial score (nSPS) is 16.5. The second kappa shape index (κ2) is 7.19. The van der Waals surface area contributed by atoms with Crippen LogP contribution in [0.25, 0.3) is 0 Å². The molecule has 2 amide bonds. The summed E-state index contributed by atoms with van der Waals surface area (Å²) in [5.41, 5.74) is 4.03. The smallest absolute Gasteiger partial charge is 0.269 e. The van der Waals surface area contributed by atoms with Gasteiger partial charge in [0.1, 0.15) is 0 Å². The topological polar surface area (TPSA) is 92.6 Å². The summed E-state index contributed by atoms with van der Waals surface area (Å²) >= 11 is 0. The maximum atomic E-state index is 12.6. The number of carbonyl (C=O) groups is 2. The molecular weight excluding hydrogens is 346 g/mol. The first-order valence-corrected chi connectivity index (χ1v) is 8.69. The van der Waals surface area contributed by atoms with Gasteiger partial charge in [0.05, 0.1) is 10.8 Å². The molecule has 27 heavy (non-hydrogen) atoms. The van der Waals surface area contributed by atoms with E-state index in [1.807, 2.05) is 32.0 Å². The van der Waals surface area contributed by atoms with E-state index in [4.69, 9.17) is 0 Å². The van der Waals surface area contributed by atoms with E-state index in [9.17, 15) is 19.7 Å². The molecule has 2 aromatic carbocycles. The highest BCUT2D eigenvalue weighted by molar-refractivity contribution is 6.03. The fourth-order valence-corrected chi connectivity index (χ4v) is 3.38. The zero-order chi connectivity index (χ0) is 19.7.